The number of amides is 2. The molecule has 6 heteroatoms. The second-order valence-corrected chi connectivity index (χ2v) is 4.31. The Hall–Kier alpha value is -2.37. The van der Waals surface area contributed by atoms with Gasteiger partial charge in [-0.1, -0.05) is 18.2 Å². The van der Waals surface area contributed by atoms with Crippen molar-refractivity contribution in [1.29, 1.82) is 0 Å². The Balaban J connectivity index is 2.48. The Morgan fingerprint density at radius 1 is 1.40 bits per heavy atom. The standard InChI is InChI=1S/C14H15FN2O3/c1-3-20-13(18)11-8(2)16-14(19)17-12(11)9-6-4-5-7-10(9)15/h4-7,12H,3H2,1-2H3,(H2,16,17,19). The molecule has 0 aliphatic carbocycles. The molecule has 0 radical (unpaired) electrons. The van der Waals surface area contributed by atoms with Crippen LogP contribution in [0.2, 0.25) is 0 Å². The fourth-order valence-corrected chi connectivity index (χ4v) is 2.12. The van der Waals surface area contributed by atoms with E-state index in [-0.39, 0.29) is 17.7 Å². The molecule has 0 bridgehead atoms. The van der Waals surface area contributed by atoms with Crippen LogP contribution in [0.4, 0.5) is 9.18 Å². The normalized spacial score (nSPS) is 18.4. The number of esters is 1. The minimum absolute atomic E-state index is 0.202. The molecule has 1 aliphatic heterocycles. The van der Waals surface area contributed by atoms with E-state index in [1.54, 1.807) is 26.0 Å². The van der Waals surface area contributed by atoms with Gasteiger partial charge in [0.25, 0.3) is 0 Å². The van der Waals surface area contributed by atoms with E-state index in [0.29, 0.717) is 5.70 Å². The van der Waals surface area contributed by atoms with E-state index in [1.807, 2.05) is 0 Å². The maximum Gasteiger partial charge on any atom is 0.338 e. The van der Waals surface area contributed by atoms with Crippen molar-refractivity contribution < 1.29 is 18.7 Å². The van der Waals surface area contributed by atoms with Gasteiger partial charge in [-0.15, -0.1) is 0 Å². The van der Waals surface area contributed by atoms with Gasteiger partial charge in [0.05, 0.1) is 18.2 Å². The Labute approximate surface area is 115 Å². The van der Waals surface area contributed by atoms with Crippen molar-refractivity contribution in [2.45, 2.75) is 19.9 Å². The van der Waals surface area contributed by atoms with Crippen LogP contribution in [0.1, 0.15) is 25.5 Å². The van der Waals surface area contributed by atoms with E-state index in [9.17, 15) is 14.0 Å². The van der Waals surface area contributed by atoms with E-state index >= 15 is 0 Å². The molecular weight excluding hydrogens is 263 g/mol. The highest BCUT2D eigenvalue weighted by atomic mass is 19.1. The van der Waals surface area contributed by atoms with Crippen LogP contribution in [0.3, 0.4) is 0 Å². The van der Waals surface area contributed by atoms with Crippen molar-refractivity contribution in [2.75, 3.05) is 6.61 Å². The summed E-state index contributed by atoms with van der Waals surface area (Å²) < 4.78 is 18.9. The first kappa shape index (κ1) is 14.0. The molecule has 2 amide bonds. The van der Waals surface area contributed by atoms with Crippen LogP contribution in [0.5, 0.6) is 0 Å². The van der Waals surface area contributed by atoms with Crippen molar-refractivity contribution in [3.8, 4) is 0 Å². The second-order valence-electron chi connectivity index (χ2n) is 4.31. The summed E-state index contributed by atoms with van der Waals surface area (Å²) in [6, 6.07) is 4.65. The topological polar surface area (TPSA) is 67.4 Å². The molecule has 0 spiro atoms. The second kappa shape index (κ2) is 5.73. The number of allylic oxidation sites excluding steroid dienone is 1. The quantitative estimate of drug-likeness (QED) is 0.831. The highest BCUT2D eigenvalue weighted by molar-refractivity contribution is 5.95. The minimum atomic E-state index is -0.857. The molecule has 1 aromatic carbocycles. The average molecular weight is 278 g/mol. The number of carbonyl (C=O) groups excluding carboxylic acids is 2. The number of hydrogen-bond acceptors (Lipinski definition) is 3. The lowest BCUT2D eigenvalue weighted by molar-refractivity contribution is -0.139. The lowest BCUT2D eigenvalue weighted by Crippen LogP contribution is -2.45. The minimum Gasteiger partial charge on any atom is -0.463 e. The molecule has 1 aliphatic rings. The molecular formula is C14H15FN2O3. The van der Waals surface area contributed by atoms with Gasteiger partial charge in [0.2, 0.25) is 0 Å². The number of ether oxygens (including phenoxy) is 1. The average Bonchev–Trinajstić information content (AvgIpc) is 2.38. The predicted molar refractivity (Wildman–Crippen MR) is 70.1 cm³/mol. The van der Waals surface area contributed by atoms with Gasteiger partial charge in [-0.2, -0.15) is 0 Å². The predicted octanol–water partition coefficient (Wildman–Crippen LogP) is 2.02. The van der Waals surface area contributed by atoms with Crippen LogP contribution >= 0.6 is 0 Å². The van der Waals surface area contributed by atoms with Gasteiger partial charge in [0.15, 0.2) is 0 Å². The van der Waals surface area contributed by atoms with Crippen molar-refractivity contribution >= 4 is 12.0 Å². The van der Waals surface area contributed by atoms with E-state index in [0.717, 1.165) is 0 Å². The zero-order valence-corrected chi connectivity index (χ0v) is 11.2. The van der Waals surface area contributed by atoms with Gasteiger partial charge >= 0.3 is 12.0 Å². The molecule has 0 saturated heterocycles. The Kier molecular flexibility index (Phi) is 4.02. The number of carbonyl (C=O) groups is 2. The Morgan fingerprint density at radius 3 is 2.75 bits per heavy atom. The van der Waals surface area contributed by atoms with Gasteiger partial charge in [-0.05, 0) is 19.9 Å². The van der Waals surface area contributed by atoms with Crippen LogP contribution in [0, 0.1) is 5.82 Å². The molecule has 106 valence electrons. The van der Waals surface area contributed by atoms with E-state index in [2.05, 4.69) is 10.6 Å². The summed E-state index contributed by atoms with van der Waals surface area (Å²) in [5.74, 6) is -1.07. The molecule has 0 fully saturated rings. The van der Waals surface area contributed by atoms with Crippen LogP contribution in [-0.4, -0.2) is 18.6 Å². The molecule has 20 heavy (non-hydrogen) atoms. The van der Waals surface area contributed by atoms with Gasteiger partial charge in [0, 0.05) is 11.3 Å². The lowest BCUT2D eigenvalue weighted by Gasteiger charge is -2.28. The summed E-state index contributed by atoms with van der Waals surface area (Å²) in [6.07, 6.45) is 0. The SMILES string of the molecule is CCOC(=O)C1=C(C)NC(=O)NC1c1ccccc1F. The number of halogens is 1. The number of urea groups is 1. The Bertz CT molecular complexity index is 584. The summed E-state index contributed by atoms with van der Waals surface area (Å²) in [7, 11) is 0. The first-order valence-electron chi connectivity index (χ1n) is 6.24. The molecule has 2 N–H and O–H groups in total. The smallest absolute Gasteiger partial charge is 0.338 e. The van der Waals surface area contributed by atoms with Crippen LogP contribution in [0.15, 0.2) is 35.5 Å². The third-order valence-electron chi connectivity index (χ3n) is 2.98. The molecule has 1 atom stereocenters. The third kappa shape index (κ3) is 2.64. The van der Waals surface area contributed by atoms with Gasteiger partial charge in [-0.25, -0.2) is 14.0 Å². The molecule has 1 unspecified atom stereocenters. The maximum absolute atomic E-state index is 13.9. The summed E-state index contributed by atoms with van der Waals surface area (Å²) in [4.78, 5) is 23.6. The Morgan fingerprint density at radius 2 is 2.10 bits per heavy atom. The van der Waals surface area contributed by atoms with Crippen molar-refractivity contribution in [2.24, 2.45) is 0 Å². The van der Waals surface area contributed by atoms with Crippen molar-refractivity contribution in [1.82, 2.24) is 10.6 Å². The van der Waals surface area contributed by atoms with E-state index in [4.69, 9.17) is 4.74 Å². The summed E-state index contributed by atoms with van der Waals surface area (Å²) in [5, 5.41) is 5.04. The zero-order chi connectivity index (χ0) is 14.7. The zero-order valence-electron chi connectivity index (χ0n) is 11.2. The number of hydrogen-bond donors (Lipinski definition) is 2. The third-order valence-corrected chi connectivity index (χ3v) is 2.98. The van der Waals surface area contributed by atoms with Gasteiger partial charge < -0.3 is 15.4 Å². The molecule has 1 heterocycles. The summed E-state index contributed by atoms with van der Waals surface area (Å²) >= 11 is 0. The van der Waals surface area contributed by atoms with Crippen molar-refractivity contribution in [3.63, 3.8) is 0 Å². The van der Waals surface area contributed by atoms with Crippen LogP contribution in [-0.2, 0) is 9.53 Å². The van der Waals surface area contributed by atoms with E-state index in [1.165, 1.54) is 12.1 Å². The summed E-state index contributed by atoms with van der Waals surface area (Å²) in [6.45, 7) is 3.47. The van der Waals surface area contributed by atoms with Gasteiger partial charge in [0.1, 0.15) is 5.82 Å². The fraction of sp³-hybridized carbons (Fsp3) is 0.286. The highest BCUT2D eigenvalue weighted by Gasteiger charge is 2.33. The summed E-state index contributed by atoms with van der Waals surface area (Å²) in [5.41, 5.74) is 0.793. The van der Waals surface area contributed by atoms with E-state index < -0.39 is 23.9 Å². The highest BCUT2D eigenvalue weighted by Crippen LogP contribution is 2.29. The number of benzene rings is 1. The lowest BCUT2D eigenvalue weighted by atomic mass is 9.95. The molecule has 5 nitrogen and oxygen atoms in total. The largest absolute Gasteiger partial charge is 0.463 e. The maximum atomic E-state index is 13.9. The van der Waals surface area contributed by atoms with Crippen LogP contribution in [0.25, 0.3) is 0 Å². The van der Waals surface area contributed by atoms with Crippen molar-refractivity contribution in [3.05, 3.63) is 46.9 Å². The molecule has 0 aromatic heterocycles. The fourth-order valence-electron chi connectivity index (χ4n) is 2.12. The van der Waals surface area contributed by atoms with Crippen LogP contribution < -0.4 is 10.6 Å². The first-order valence-corrected chi connectivity index (χ1v) is 6.24. The number of rotatable bonds is 3. The molecule has 1 aromatic rings. The molecule has 0 saturated carbocycles. The van der Waals surface area contributed by atoms with Gasteiger partial charge in [-0.3, -0.25) is 0 Å². The monoisotopic (exact) mass is 278 g/mol. The first-order chi connectivity index (χ1) is 9.54. The number of nitrogens with one attached hydrogen (secondary N) is 2. The molecule has 2 rings (SSSR count).